The Bertz CT molecular complexity index is 392. The van der Waals surface area contributed by atoms with E-state index in [1.165, 1.54) is 0 Å². The van der Waals surface area contributed by atoms with E-state index in [-0.39, 0.29) is 17.6 Å². The maximum absolute atomic E-state index is 11.5. The van der Waals surface area contributed by atoms with E-state index in [2.05, 4.69) is 0 Å². The second kappa shape index (κ2) is 8.59. The summed E-state index contributed by atoms with van der Waals surface area (Å²) in [6.07, 6.45) is 1.91. The van der Waals surface area contributed by atoms with E-state index in [1.54, 1.807) is 0 Å². The minimum absolute atomic E-state index is 0.0691. The minimum atomic E-state index is -3.86. The van der Waals surface area contributed by atoms with Crippen molar-refractivity contribution in [2.45, 2.75) is 33.1 Å². The molecule has 0 aromatic heterocycles. The predicted molar refractivity (Wildman–Crippen MR) is 77.9 cm³/mol. The van der Waals surface area contributed by atoms with Crippen LogP contribution in [0.2, 0.25) is 0 Å². The molecule has 0 saturated heterocycles. The monoisotopic (exact) mass is 310 g/mol. The van der Waals surface area contributed by atoms with E-state index in [9.17, 15) is 13.2 Å². The van der Waals surface area contributed by atoms with Crippen LogP contribution in [0.5, 0.6) is 0 Å². The second-order valence-corrected chi connectivity index (χ2v) is 7.42. The van der Waals surface area contributed by atoms with Crippen molar-refractivity contribution in [1.29, 1.82) is 0 Å². The molecule has 0 radical (unpaired) electrons. The van der Waals surface area contributed by atoms with Gasteiger partial charge >= 0.3 is 5.97 Å². The van der Waals surface area contributed by atoms with Gasteiger partial charge < -0.3 is 9.22 Å². The molecule has 120 valence electrons. The third-order valence-electron chi connectivity index (χ3n) is 3.37. The van der Waals surface area contributed by atoms with Gasteiger partial charge in [0.1, 0.15) is 13.2 Å². The smallest absolute Gasteiger partial charge is 0.308 e. The third kappa shape index (κ3) is 10.2. The fourth-order valence-electron chi connectivity index (χ4n) is 1.64. The molecule has 0 bridgehead atoms. The molecule has 0 amide bonds. The number of nitrogens with zero attached hydrogens (tertiary/aromatic N) is 1. The molecule has 0 spiro atoms. The third-order valence-corrected chi connectivity index (χ3v) is 4.18. The summed E-state index contributed by atoms with van der Waals surface area (Å²) in [7, 11) is 0.150. The number of hydrogen-bond acceptors (Lipinski definition) is 4. The molecule has 0 saturated carbocycles. The highest BCUT2D eigenvalue weighted by Gasteiger charge is 2.18. The Morgan fingerprint density at radius 1 is 1.25 bits per heavy atom. The number of carbonyl (C=O) groups is 1. The summed E-state index contributed by atoms with van der Waals surface area (Å²) in [5.41, 5.74) is 0. The van der Waals surface area contributed by atoms with Gasteiger partial charge in [-0.2, -0.15) is 8.42 Å². The SMILES string of the molecule is CCC(C)C(=O)OCC[N+](C)(C)CCCCS(=O)(=O)O. The molecule has 7 heteroatoms. The lowest BCUT2D eigenvalue weighted by molar-refractivity contribution is -0.890. The molecule has 0 heterocycles. The Hall–Kier alpha value is -0.660. The van der Waals surface area contributed by atoms with E-state index < -0.39 is 10.1 Å². The second-order valence-electron chi connectivity index (χ2n) is 5.85. The summed E-state index contributed by atoms with van der Waals surface area (Å²) in [6.45, 7) is 5.62. The highest BCUT2D eigenvalue weighted by Crippen LogP contribution is 2.06. The van der Waals surface area contributed by atoms with Crippen LogP contribution in [0.1, 0.15) is 33.1 Å². The van der Waals surface area contributed by atoms with Crippen LogP contribution in [-0.4, -0.2) is 63.0 Å². The zero-order valence-electron chi connectivity index (χ0n) is 13.0. The van der Waals surface area contributed by atoms with Crippen LogP contribution < -0.4 is 0 Å². The van der Waals surface area contributed by atoms with Crippen LogP contribution in [0.25, 0.3) is 0 Å². The molecule has 0 aliphatic rings. The number of ether oxygens (including phenoxy) is 1. The molecule has 0 aliphatic heterocycles. The molecule has 1 atom stereocenters. The van der Waals surface area contributed by atoms with Gasteiger partial charge in [-0.05, 0) is 19.3 Å². The first-order valence-electron chi connectivity index (χ1n) is 7.01. The van der Waals surface area contributed by atoms with Crippen molar-refractivity contribution >= 4 is 16.1 Å². The fourth-order valence-corrected chi connectivity index (χ4v) is 2.21. The maximum atomic E-state index is 11.5. The standard InChI is InChI=1S/C13H27NO5S/c1-5-12(2)13(15)19-10-9-14(3,4)8-6-7-11-20(16,17)18/h12H,5-11H2,1-4H3/p+1. The zero-order chi connectivity index (χ0) is 15.8. The van der Waals surface area contributed by atoms with Crippen LogP contribution in [0.15, 0.2) is 0 Å². The maximum Gasteiger partial charge on any atom is 0.308 e. The lowest BCUT2D eigenvalue weighted by Crippen LogP contribution is -2.43. The Labute approximate surface area is 122 Å². The zero-order valence-corrected chi connectivity index (χ0v) is 13.8. The lowest BCUT2D eigenvalue weighted by atomic mass is 10.1. The predicted octanol–water partition coefficient (Wildman–Crippen LogP) is 1.32. The lowest BCUT2D eigenvalue weighted by Gasteiger charge is -2.29. The summed E-state index contributed by atoms with van der Waals surface area (Å²) >= 11 is 0. The van der Waals surface area contributed by atoms with E-state index >= 15 is 0 Å². The van der Waals surface area contributed by atoms with Gasteiger partial charge in [0, 0.05) is 0 Å². The highest BCUT2D eigenvalue weighted by molar-refractivity contribution is 7.85. The minimum Gasteiger partial charge on any atom is -0.459 e. The van der Waals surface area contributed by atoms with Gasteiger partial charge in [-0.1, -0.05) is 13.8 Å². The van der Waals surface area contributed by atoms with E-state index in [4.69, 9.17) is 9.29 Å². The molecule has 1 N–H and O–H groups in total. The summed E-state index contributed by atoms with van der Waals surface area (Å²) in [6, 6.07) is 0. The molecule has 1 unspecified atom stereocenters. The van der Waals surface area contributed by atoms with Crippen molar-refractivity contribution in [2.75, 3.05) is 39.5 Å². The molecular weight excluding hydrogens is 282 g/mol. The Morgan fingerprint density at radius 3 is 2.35 bits per heavy atom. The number of carbonyl (C=O) groups excluding carboxylic acids is 1. The van der Waals surface area contributed by atoms with Gasteiger partial charge in [0.15, 0.2) is 0 Å². The average molecular weight is 310 g/mol. The van der Waals surface area contributed by atoms with Crippen LogP contribution >= 0.6 is 0 Å². The van der Waals surface area contributed by atoms with Crippen molar-refractivity contribution in [3.63, 3.8) is 0 Å². The molecule has 0 aromatic carbocycles. The molecular formula is C13H28NO5S+. The average Bonchev–Trinajstić information content (AvgIpc) is 2.32. The summed E-state index contributed by atoms with van der Waals surface area (Å²) < 4.78 is 35.7. The molecule has 0 aliphatic carbocycles. The molecule has 0 fully saturated rings. The molecule has 6 nitrogen and oxygen atoms in total. The van der Waals surface area contributed by atoms with E-state index in [0.29, 0.717) is 30.5 Å². The first kappa shape index (κ1) is 19.3. The van der Waals surface area contributed by atoms with Crippen LogP contribution in [-0.2, 0) is 19.6 Å². The van der Waals surface area contributed by atoms with Crippen molar-refractivity contribution in [3.8, 4) is 0 Å². The fraction of sp³-hybridized carbons (Fsp3) is 0.923. The first-order chi connectivity index (χ1) is 9.07. The summed E-state index contributed by atoms with van der Waals surface area (Å²) in [4.78, 5) is 11.5. The Kier molecular flexibility index (Phi) is 8.30. The van der Waals surface area contributed by atoms with Gasteiger partial charge in [0.05, 0.1) is 32.3 Å². The number of unbranched alkanes of at least 4 members (excludes halogenated alkanes) is 1. The first-order valence-corrected chi connectivity index (χ1v) is 8.62. The molecule has 20 heavy (non-hydrogen) atoms. The summed E-state index contributed by atoms with van der Waals surface area (Å²) in [5.74, 6) is -0.435. The van der Waals surface area contributed by atoms with Gasteiger partial charge in [0.25, 0.3) is 10.1 Å². The number of esters is 1. The molecule has 0 rings (SSSR count). The van der Waals surface area contributed by atoms with Crippen molar-refractivity contribution in [1.82, 2.24) is 0 Å². The number of quaternary nitrogens is 1. The topological polar surface area (TPSA) is 80.7 Å². The van der Waals surface area contributed by atoms with Gasteiger partial charge in [0.2, 0.25) is 0 Å². The highest BCUT2D eigenvalue weighted by atomic mass is 32.2. The molecule has 0 aromatic rings. The van der Waals surface area contributed by atoms with Gasteiger partial charge in [-0.3, -0.25) is 9.35 Å². The van der Waals surface area contributed by atoms with Crippen LogP contribution in [0, 0.1) is 5.92 Å². The van der Waals surface area contributed by atoms with Gasteiger partial charge in [-0.15, -0.1) is 0 Å². The normalized spacial score (nSPS) is 14.1. The quantitative estimate of drug-likeness (QED) is 0.285. The van der Waals surface area contributed by atoms with Crippen molar-refractivity contribution < 1.29 is 27.0 Å². The van der Waals surface area contributed by atoms with E-state index in [0.717, 1.165) is 13.0 Å². The number of likely N-dealkylation sites (N-methyl/N-ethyl adjacent to an activating group) is 1. The van der Waals surface area contributed by atoms with Crippen LogP contribution in [0.4, 0.5) is 0 Å². The van der Waals surface area contributed by atoms with Crippen molar-refractivity contribution in [2.24, 2.45) is 5.92 Å². The number of rotatable bonds is 10. The van der Waals surface area contributed by atoms with Crippen molar-refractivity contribution in [3.05, 3.63) is 0 Å². The number of hydrogen-bond donors (Lipinski definition) is 1. The Morgan fingerprint density at radius 2 is 1.85 bits per heavy atom. The van der Waals surface area contributed by atoms with E-state index in [1.807, 2.05) is 27.9 Å². The largest absolute Gasteiger partial charge is 0.459 e. The van der Waals surface area contributed by atoms with Gasteiger partial charge in [-0.25, -0.2) is 0 Å². The Balaban J connectivity index is 3.87. The summed E-state index contributed by atoms with van der Waals surface area (Å²) in [5, 5.41) is 0. The van der Waals surface area contributed by atoms with Crippen LogP contribution in [0.3, 0.4) is 0 Å².